The molecule has 12 heteroatoms. The van der Waals surface area contributed by atoms with Gasteiger partial charge < -0.3 is 36.4 Å². The normalized spacial score (nSPS) is 24.8. The van der Waals surface area contributed by atoms with Crippen molar-refractivity contribution >= 4 is 23.0 Å². The molecule has 0 aromatic carbocycles. The van der Waals surface area contributed by atoms with Crippen molar-refractivity contribution in [3.8, 4) is 0 Å². The molecule has 7 N–H and O–H groups in total. The zero-order valence-electron chi connectivity index (χ0n) is 17.5. The second-order valence-electron chi connectivity index (χ2n) is 7.87. The number of unbranched alkanes of at least 4 members (excludes halogenated alkanes) is 2. The summed E-state index contributed by atoms with van der Waals surface area (Å²) >= 11 is 0. The highest BCUT2D eigenvalue weighted by Gasteiger charge is 2.44. The van der Waals surface area contributed by atoms with E-state index in [1.165, 1.54) is 17.2 Å². The summed E-state index contributed by atoms with van der Waals surface area (Å²) in [5, 5.41) is 30.3. The van der Waals surface area contributed by atoms with Gasteiger partial charge in [-0.05, 0) is 19.4 Å². The van der Waals surface area contributed by atoms with Crippen molar-refractivity contribution in [2.24, 2.45) is 5.73 Å². The molecule has 1 fully saturated rings. The molecule has 1 aliphatic heterocycles. The summed E-state index contributed by atoms with van der Waals surface area (Å²) < 4.78 is 7.53. The number of aliphatic hydroxyl groups excluding tert-OH is 2. The summed E-state index contributed by atoms with van der Waals surface area (Å²) in [6.07, 6.45) is 2.12. The van der Waals surface area contributed by atoms with E-state index >= 15 is 0 Å². The standard InChI is InChI=1S/C19H31N7O5/c1-2-3-4-6-25(7-5-11(20)19(29)30)8-12-14(27)15(28)18(31-12)26-10-24-13-16(21)22-9-23-17(13)26/h9-12,14-15,18,27-28H,2-8,20H2,1H3,(H,29,30)(H2,21,22,23)/t11-,12-,14-,15+,18-/m0/s1. The van der Waals surface area contributed by atoms with E-state index in [1.807, 2.05) is 4.90 Å². The van der Waals surface area contributed by atoms with Crippen molar-refractivity contribution in [3.05, 3.63) is 12.7 Å². The van der Waals surface area contributed by atoms with Crippen LogP contribution in [0.5, 0.6) is 0 Å². The van der Waals surface area contributed by atoms with Gasteiger partial charge in [-0.1, -0.05) is 19.8 Å². The minimum atomic E-state index is -1.20. The van der Waals surface area contributed by atoms with Crippen LogP contribution in [0, 0.1) is 0 Å². The van der Waals surface area contributed by atoms with Crippen molar-refractivity contribution in [1.82, 2.24) is 24.4 Å². The molecule has 0 aliphatic carbocycles. The van der Waals surface area contributed by atoms with E-state index < -0.39 is 36.6 Å². The molecule has 0 saturated carbocycles. The number of imidazole rings is 1. The van der Waals surface area contributed by atoms with Crippen molar-refractivity contribution in [2.75, 3.05) is 25.4 Å². The molecular weight excluding hydrogens is 406 g/mol. The maximum absolute atomic E-state index is 11.0. The van der Waals surface area contributed by atoms with Crippen LogP contribution >= 0.6 is 0 Å². The van der Waals surface area contributed by atoms with Crippen LogP contribution in [-0.4, -0.2) is 89.7 Å². The number of nitrogens with zero attached hydrogens (tertiary/aromatic N) is 5. The number of carboxylic acid groups (broad SMARTS) is 1. The number of carbonyl (C=O) groups is 1. The zero-order valence-corrected chi connectivity index (χ0v) is 17.5. The first-order valence-electron chi connectivity index (χ1n) is 10.5. The summed E-state index contributed by atoms with van der Waals surface area (Å²) in [6.45, 7) is 3.59. The predicted molar refractivity (Wildman–Crippen MR) is 112 cm³/mol. The number of fused-ring (bicyclic) bond motifs is 1. The molecule has 2 aromatic heterocycles. The number of hydrogen-bond donors (Lipinski definition) is 5. The lowest BCUT2D eigenvalue weighted by atomic mass is 10.1. The number of carboxylic acids is 1. The summed E-state index contributed by atoms with van der Waals surface area (Å²) in [7, 11) is 0. The third-order valence-electron chi connectivity index (χ3n) is 5.59. The number of hydrogen-bond acceptors (Lipinski definition) is 10. The quantitative estimate of drug-likeness (QED) is 0.280. The SMILES string of the molecule is CCCCCN(CC[C@H](N)C(=O)O)C[C@@H]1O[C@H](n2cnc3c(N)ncnc32)[C@H](O)[C@H]1O. The Kier molecular flexibility index (Phi) is 7.73. The Morgan fingerprint density at radius 1 is 1.26 bits per heavy atom. The van der Waals surface area contributed by atoms with Gasteiger partial charge in [0.15, 0.2) is 17.7 Å². The van der Waals surface area contributed by atoms with E-state index in [0.717, 1.165) is 19.3 Å². The monoisotopic (exact) mass is 437 g/mol. The van der Waals surface area contributed by atoms with Crippen LogP contribution in [0.1, 0.15) is 38.8 Å². The fourth-order valence-corrected chi connectivity index (χ4v) is 3.75. The van der Waals surface area contributed by atoms with Gasteiger partial charge in [0.1, 0.15) is 36.2 Å². The van der Waals surface area contributed by atoms with Crippen LogP contribution in [-0.2, 0) is 9.53 Å². The molecule has 0 spiro atoms. The molecule has 3 rings (SSSR count). The van der Waals surface area contributed by atoms with Crippen molar-refractivity contribution < 1.29 is 24.9 Å². The average Bonchev–Trinajstić information content (AvgIpc) is 3.29. The molecule has 2 aromatic rings. The molecule has 172 valence electrons. The van der Waals surface area contributed by atoms with Crippen LogP contribution < -0.4 is 11.5 Å². The fourth-order valence-electron chi connectivity index (χ4n) is 3.75. The first-order chi connectivity index (χ1) is 14.8. The van der Waals surface area contributed by atoms with Gasteiger partial charge in [0.2, 0.25) is 0 Å². The predicted octanol–water partition coefficient (Wildman–Crippen LogP) is -0.678. The summed E-state index contributed by atoms with van der Waals surface area (Å²) in [6, 6.07) is -0.955. The molecular formula is C19H31N7O5. The number of nitrogens with two attached hydrogens (primary N) is 2. The molecule has 5 atom stereocenters. The highest BCUT2D eigenvalue weighted by molar-refractivity contribution is 5.81. The second kappa shape index (κ2) is 10.3. The molecule has 0 bridgehead atoms. The van der Waals surface area contributed by atoms with Crippen molar-refractivity contribution in [3.63, 3.8) is 0 Å². The highest BCUT2D eigenvalue weighted by Crippen LogP contribution is 2.32. The highest BCUT2D eigenvalue weighted by atomic mass is 16.6. The maximum atomic E-state index is 11.0. The minimum absolute atomic E-state index is 0.213. The van der Waals surface area contributed by atoms with E-state index in [-0.39, 0.29) is 12.2 Å². The summed E-state index contributed by atoms with van der Waals surface area (Å²) in [5.41, 5.74) is 12.3. The number of ether oxygens (including phenoxy) is 1. The molecule has 1 saturated heterocycles. The van der Waals surface area contributed by atoms with Crippen molar-refractivity contribution in [2.45, 2.75) is 63.2 Å². The van der Waals surface area contributed by atoms with E-state index in [1.54, 1.807) is 0 Å². The average molecular weight is 438 g/mol. The van der Waals surface area contributed by atoms with Gasteiger partial charge in [-0.3, -0.25) is 9.36 Å². The van der Waals surface area contributed by atoms with Crippen LogP contribution in [0.2, 0.25) is 0 Å². The third kappa shape index (κ3) is 5.28. The number of nitrogen functional groups attached to an aromatic ring is 1. The largest absolute Gasteiger partial charge is 0.480 e. The molecule has 0 radical (unpaired) electrons. The molecule has 31 heavy (non-hydrogen) atoms. The molecule has 0 unspecified atom stereocenters. The Morgan fingerprint density at radius 2 is 2.03 bits per heavy atom. The van der Waals surface area contributed by atoms with Gasteiger partial charge >= 0.3 is 5.97 Å². The lowest BCUT2D eigenvalue weighted by Gasteiger charge is -2.27. The number of aromatic nitrogens is 4. The molecule has 1 aliphatic rings. The van der Waals surface area contributed by atoms with Crippen LogP contribution in [0.15, 0.2) is 12.7 Å². The third-order valence-corrected chi connectivity index (χ3v) is 5.59. The maximum Gasteiger partial charge on any atom is 0.320 e. The van der Waals surface area contributed by atoms with Gasteiger partial charge in [-0.2, -0.15) is 0 Å². The summed E-state index contributed by atoms with van der Waals surface area (Å²) in [5.74, 6) is -0.834. The topological polar surface area (TPSA) is 186 Å². The zero-order chi connectivity index (χ0) is 22.5. The Morgan fingerprint density at radius 3 is 2.74 bits per heavy atom. The van der Waals surface area contributed by atoms with E-state index in [0.29, 0.717) is 30.8 Å². The van der Waals surface area contributed by atoms with Crippen LogP contribution in [0.3, 0.4) is 0 Å². The van der Waals surface area contributed by atoms with Gasteiger partial charge in [-0.15, -0.1) is 0 Å². The van der Waals surface area contributed by atoms with Gasteiger partial charge in [0.05, 0.1) is 6.33 Å². The number of aliphatic carboxylic acids is 1. The minimum Gasteiger partial charge on any atom is -0.480 e. The molecule has 3 heterocycles. The first-order valence-corrected chi connectivity index (χ1v) is 10.5. The molecule has 12 nitrogen and oxygen atoms in total. The number of aliphatic hydroxyl groups is 2. The Balaban J connectivity index is 1.71. The van der Waals surface area contributed by atoms with Crippen LogP contribution in [0.4, 0.5) is 5.82 Å². The lowest BCUT2D eigenvalue weighted by Crippen LogP contribution is -2.42. The van der Waals surface area contributed by atoms with Crippen LogP contribution in [0.25, 0.3) is 11.2 Å². The first kappa shape index (κ1) is 23.3. The van der Waals surface area contributed by atoms with Gasteiger partial charge in [0.25, 0.3) is 0 Å². The number of anilines is 1. The Hall–Kier alpha value is -2.38. The lowest BCUT2D eigenvalue weighted by molar-refractivity contribution is -0.138. The Bertz CT molecular complexity index is 878. The van der Waals surface area contributed by atoms with E-state index in [9.17, 15) is 15.0 Å². The number of rotatable bonds is 11. The van der Waals surface area contributed by atoms with Crippen molar-refractivity contribution in [1.29, 1.82) is 0 Å². The van der Waals surface area contributed by atoms with Gasteiger partial charge in [0, 0.05) is 13.1 Å². The molecule has 0 amide bonds. The van der Waals surface area contributed by atoms with E-state index in [2.05, 4.69) is 21.9 Å². The Labute approximate surface area is 179 Å². The second-order valence-corrected chi connectivity index (χ2v) is 7.87. The smallest absolute Gasteiger partial charge is 0.320 e. The van der Waals surface area contributed by atoms with E-state index in [4.69, 9.17) is 21.3 Å². The fraction of sp³-hybridized carbons (Fsp3) is 0.684. The summed E-state index contributed by atoms with van der Waals surface area (Å²) in [4.78, 5) is 25.3. The van der Waals surface area contributed by atoms with Gasteiger partial charge in [-0.25, -0.2) is 15.0 Å².